The number of nitrogens with one attached hydrogen (secondary N) is 1. The standard InChI is InChI=1S/C19H25N3O5S/c1-6-12(2)28-16-13(3)27-11-21(17(16)23)19(4,5)18(24)20-14-8-7-9-15(10-14)22(25)26/h7-10,12H,6,11H2,1-5H3,(H,20,24). The van der Waals surface area contributed by atoms with Gasteiger partial charge in [-0.1, -0.05) is 19.9 Å². The van der Waals surface area contributed by atoms with Crippen molar-refractivity contribution in [3.05, 3.63) is 45.0 Å². The van der Waals surface area contributed by atoms with Crippen LogP contribution in [0.5, 0.6) is 0 Å². The monoisotopic (exact) mass is 407 g/mol. The Kier molecular flexibility index (Phi) is 6.71. The van der Waals surface area contributed by atoms with E-state index in [0.717, 1.165) is 6.42 Å². The summed E-state index contributed by atoms with van der Waals surface area (Å²) in [5.41, 5.74) is -1.05. The molecule has 1 N–H and O–H groups in total. The van der Waals surface area contributed by atoms with E-state index in [1.165, 1.54) is 34.9 Å². The van der Waals surface area contributed by atoms with Crippen molar-refractivity contribution in [2.75, 3.05) is 12.0 Å². The van der Waals surface area contributed by atoms with E-state index in [-0.39, 0.29) is 23.6 Å². The number of anilines is 1. The molecule has 1 aromatic carbocycles. The Morgan fingerprint density at radius 1 is 1.46 bits per heavy atom. The van der Waals surface area contributed by atoms with Gasteiger partial charge in [0, 0.05) is 23.1 Å². The van der Waals surface area contributed by atoms with Crippen molar-refractivity contribution < 1.29 is 19.2 Å². The number of rotatable bonds is 7. The Bertz CT molecular complexity index is 822. The molecule has 8 nitrogen and oxygen atoms in total. The van der Waals surface area contributed by atoms with Gasteiger partial charge in [0.05, 0.1) is 4.92 Å². The van der Waals surface area contributed by atoms with Crippen LogP contribution in [0.1, 0.15) is 41.0 Å². The summed E-state index contributed by atoms with van der Waals surface area (Å²) in [5.74, 6) is -0.160. The number of allylic oxidation sites excluding steroid dienone is 1. The fourth-order valence-electron chi connectivity index (χ4n) is 2.50. The van der Waals surface area contributed by atoms with Gasteiger partial charge in [-0.05, 0) is 33.3 Å². The van der Waals surface area contributed by atoms with Gasteiger partial charge in [0.15, 0.2) is 6.73 Å². The summed E-state index contributed by atoms with van der Waals surface area (Å²) >= 11 is 1.43. The van der Waals surface area contributed by atoms with Crippen LogP contribution >= 0.6 is 11.8 Å². The molecule has 0 fully saturated rings. The molecule has 2 amide bonds. The van der Waals surface area contributed by atoms with Gasteiger partial charge in [-0.15, -0.1) is 11.8 Å². The largest absolute Gasteiger partial charge is 0.476 e. The van der Waals surface area contributed by atoms with Crippen molar-refractivity contribution in [2.45, 2.75) is 51.8 Å². The Balaban J connectivity index is 2.21. The first-order valence-electron chi connectivity index (χ1n) is 8.96. The zero-order valence-corrected chi connectivity index (χ0v) is 17.5. The first-order chi connectivity index (χ1) is 13.1. The van der Waals surface area contributed by atoms with Gasteiger partial charge in [-0.2, -0.15) is 0 Å². The second-order valence-corrected chi connectivity index (χ2v) is 8.50. The Hall–Kier alpha value is -2.55. The zero-order valence-electron chi connectivity index (χ0n) is 16.6. The van der Waals surface area contributed by atoms with E-state index >= 15 is 0 Å². The molecule has 1 heterocycles. The van der Waals surface area contributed by atoms with Crippen LogP contribution in [0.3, 0.4) is 0 Å². The Labute approximate surface area is 168 Å². The van der Waals surface area contributed by atoms with Crippen molar-refractivity contribution >= 4 is 35.0 Å². The molecule has 152 valence electrons. The summed E-state index contributed by atoms with van der Waals surface area (Å²) in [6.45, 7) is 9.01. The number of non-ortho nitro benzene ring substituents is 1. The van der Waals surface area contributed by atoms with Gasteiger partial charge in [0.2, 0.25) is 5.91 Å². The highest BCUT2D eigenvalue weighted by Gasteiger charge is 2.42. The maximum Gasteiger partial charge on any atom is 0.271 e. The summed E-state index contributed by atoms with van der Waals surface area (Å²) in [7, 11) is 0. The lowest BCUT2D eigenvalue weighted by Gasteiger charge is -2.40. The molecule has 1 unspecified atom stereocenters. The molecule has 0 spiro atoms. The van der Waals surface area contributed by atoms with E-state index in [1.807, 2.05) is 13.8 Å². The number of benzene rings is 1. The predicted octanol–water partition coefficient (Wildman–Crippen LogP) is 3.89. The lowest BCUT2D eigenvalue weighted by Crippen LogP contribution is -2.57. The predicted molar refractivity (Wildman–Crippen MR) is 109 cm³/mol. The highest BCUT2D eigenvalue weighted by atomic mass is 32.2. The van der Waals surface area contributed by atoms with Gasteiger partial charge < -0.3 is 10.1 Å². The molecule has 1 aliphatic heterocycles. The van der Waals surface area contributed by atoms with Crippen molar-refractivity contribution in [3.63, 3.8) is 0 Å². The van der Waals surface area contributed by atoms with Gasteiger partial charge in [0.25, 0.3) is 11.6 Å². The lowest BCUT2D eigenvalue weighted by atomic mass is 10.0. The third kappa shape index (κ3) is 4.64. The van der Waals surface area contributed by atoms with Crippen LogP contribution in [0.2, 0.25) is 0 Å². The van der Waals surface area contributed by atoms with Crippen LogP contribution in [0.25, 0.3) is 0 Å². The fraction of sp³-hybridized carbons (Fsp3) is 0.474. The second-order valence-electron chi connectivity index (χ2n) is 7.05. The first-order valence-corrected chi connectivity index (χ1v) is 9.84. The van der Waals surface area contributed by atoms with Gasteiger partial charge in [-0.25, -0.2) is 0 Å². The Morgan fingerprint density at radius 3 is 2.75 bits per heavy atom. The van der Waals surface area contributed by atoms with E-state index in [0.29, 0.717) is 16.4 Å². The highest BCUT2D eigenvalue weighted by molar-refractivity contribution is 8.04. The number of ether oxygens (including phenoxy) is 1. The molecule has 0 aromatic heterocycles. The topological polar surface area (TPSA) is 102 Å². The molecular weight excluding hydrogens is 382 g/mol. The third-order valence-corrected chi connectivity index (χ3v) is 6.04. The van der Waals surface area contributed by atoms with Crippen LogP contribution in [0.4, 0.5) is 11.4 Å². The summed E-state index contributed by atoms with van der Waals surface area (Å²) in [5, 5.41) is 13.8. The van der Waals surface area contributed by atoms with Gasteiger partial charge >= 0.3 is 0 Å². The molecule has 9 heteroatoms. The minimum Gasteiger partial charge on any atom is -0.476 e. The lowest BCUT2D eigenvalue weighted by molar-refractivity contribution is -0.384. The number of hydrogen-bond donors (Lipinski definition) is 1. The minimum absolute atomic E-state index is 0.0371. The minimum atomic E-state index is -1.22. The molecule has 1 aliphatic rings. The molecule has 0 saturated heterocycles. The molecule has 1 atom stereocenters. The number of nitro benzene ring substituents is 1. The normalized spacial score (nSPS) is 15.9. The smallest absolute Gasteiger partial charge is 0.271 e. The highest BCUT2D eigenvalue weighted by Crippen LogP contribution is 2.34. The number of nitro groups is 1. The SMILES string of the molecule is CCC(C)SC1=C(C)OCN(C(C)(C)C(=O)Nc2cccc([N+](=O)[O-])c2)C1=O. The molecule has 28 heavy (non-hydrogen) atoms. The summed E-state index contributed by atoms with van der Waals surface area (Å²) in [6.07, 6.45) is 0.894. The number of nitrogens with zero attached hydrogens (tertiary/aromatic N) is 2. The molecule has 0 radical (unpaired) electrons. The second kappa shape index (κ2) is 8.64. The van der Waals surface area contributed by atoms with Gasteiger partial charge in [-0.3, -0.25) is 24.6 Å². The first kappa shape index (κ1) is 21.7. The van der Waals surface area contributed by atoms with Crippen molar-refractivity contribution in [2.24, 2.45) is 0 Å². The number of carbonyl (C=O) groups is 2. The molecule has 1 aromatic rings. The molecule has 0 aliphatic carbocycles. The van der Waals surface area contributed by atoms with Crippen LogP contribution in [-0.4, -0.2) is 39.2 Å². The van der Waals surface area contributed by atoms with E-state index in [9.17, 15) is 19.7 Å². The van der Waals surface area contributed by atoms with Crippen LogP contribution in [-0.2, 0) is 14.3 Å². The number of thioether (sulfide) groups is 1. The van der Waals surface area contributed by atoms with Gasteiger partial charge in [0.1, 0.15) is 16.2 Å². The molecule has 2 rings (SSSR count). The average Bonchev–Trinajstić information content (AvgIpc) is 2.64. The van der Waals surface area contributed by atoms with E-state index in [1.54, 1.807) is 26.8 Å². The Morgan fingerprint density at radius 2 is 2.14 bits per heavy atom. The summed E-state index contributed by atoms with van der Waals surface area (Å²) in [4.78, 5) is 38.2. The van der Waals surface area contributed by atoms with E-state index in [2.05, 4.69) is 5.32 Å². The van der Waals surface area contributed by atoms with Crippen LogP contribution in [0.15, 0.2) is 34.9 Å². The summed E-state index contributed by atoms with van der Waals surface area (Å²) < 4.78 is 5.65. The molecule has 0 saturated carbocycles. The van der Waals surface area contributed by atoms with Crippen LogP contribution in [0, 0.1) is 10.1 Å². The zero-order chi connectivity index (χ0) is 21.1. The number of hydrogen-bond acceptors (Lipinski definition) is 6. The van der Waals surface area contributed by atoms with E-state index < -0.39 is 16.4 Å². The maximum atomic E-state index is 13.0. The average molecular weight is 407 g/mol. The van der Waals surface area contributed by atoms with Crippen molar-refractivity contribution in [3.8, 4) is 0 Å². The van der Waals surface area contributed by atoms with E-state index in [4.69, 9.17) is 4.74 Å². The van der Waals surface area contributed by atoms with Crippen molar-refractivity contribution in [1.29, 1.82) is 0 Å². The fourth-order valence-corrected chi connectivity index (χ4v) is 3.50. The number of carbonyl (C=O) groups excluding carboxylic acids is 2. The summed E-state index contributed by atoms with van der Waals surface area (Å²) in [6, 6.07) is 5.66. The third-order valence-electron chi connectivity index (χ3n) is 4.61. The molecule has 0 bridgehead atoms. The molecular formula is C19H25N3O5S. The van der Waals surface area contributed by atoms with Crippen LogP contribution < -0.4 is 5.32 Å². The number of amides is 2. The quantitative estimate of drug-likeness (QED) is 0.543. The maximum absolute atomic E-state index is 13.0. The van der Waals surface area contributed by atoms with Crippen molar-refractivity contribution in [1.82, 2.24) is 4.90 Å².